The van der Waals surface area contributed by atoms with Crippen LogP contribution in [0, 0.1) is 0 Å². The molecule has 1 aliphatic heterocycles. The first-order valence-electron chi connectivity index (χ1n) is 4.88. The fourth-order valence-corrected chi connectivity index (χ4v) is 4.38. The number of nitrogens with one attached hydrogen (secondary N) is 2. The molecule has 0 bridgehead atoms. The van der Waals surface area contributed by atoms with Crippen LogP contribution < -0.4 is 15.7 Å². The predicted octanol–water partition coefficient (Wildman–Crippen LogP) is 0.668. The second-order valence-corrected chi connectivity index (χ2v) is 7.74. The number of nitrogens with two attached hydrogens (primary N) is 1. The van der Waals surface area contributed by atoms with Crippen molar-refractivity contribution >= 4 is 7.87 Å². The number of nitrogens with zero attached hydrogens (tertiary/aromatic N) is 1. The molecule has 0 amide bonds. The van der Waals surface area contributed by atoms with Gasteiger partial charge in [0.05, 0.1) is 0 Å². The van der Waals surface area contributed by atoms with Crippen LogP contribution in [0.2, 0.25) is 0 Å². The molecule has 4 nitrogen and oxygen atoms in total. The molecule has 0 aliphatic carbocycles. The van der Waals surface area contributed by atoms with Crippen LogP contribution in [0.1, 0.15) is 27.2 Å². The second-order valence-electron chi connectivity index (χ2n) is 4.84. The summed E-state index contributed by atoms with van der Waals surface area (Å²) in [7, 11) is 0.0523. The molecule has 0 saturated carbocycles. The molecule has 1 heterocycles. The Morgan fingerprint density at radius 1 is 1.46 bits per heavy atom. The summed E-state index contributed by atoms with van der Waals surface area (Å²) in [6.45, 7) is 8.59. The van der Waals surface area contributed by atoms with Crippen molar-refractivity contribution < 1.29 is 0 Å². The van der Waals surface area contributed by atoms with Gasteiger partial charge in [-0.05, 0) is 0 Å². The normalized spacial score (nSPS) is 27.2. The minimum atomic E-state index is -2.04. The van der Waals surface area contributed by atoms with Crippen LogP contribution in [0.25, 0.3) is 0 Å². The van der Waals surface area contributed by atoms with Crippen LogP contribution in [0.15, 0.2) is 0 Å². The third-order valence-corrected chi connectivity index (χ3v) is 5.58. The van der Waals surface area contributed by atoms with Gasteiger partial charge in [-0.25, -0.2) is 0 Å². The Morgan fingerprint density at radius 3 is 2.54 bits per heavy atom. The van der Waals surface area contributed by atoms with E-state index in [9.17, 15) is 0 Å². The summed E-state index contributed by atoms with van der Waals surface area (Å²) in [4.78, 5) is 0. The second kappa shape index (κ2) is 3.79. The summed E-state index contributed by atoms with van der Waals surface area (Å²) in [5.41, 5.74) is 6.41. The minimum absolute atomic E-state index is 0.0829. The summed E-state index contributed by atoms with van der Waals surface area (Å²) >= 11 is 0. The van der Waals surface area contributed by atoms with E-state index in [4.69, 9.17) is 5.50 Å². The third kappa shape index (κ3) is 3.15. The van der Waals surface area contributed by atoms with Crippen molar-refractivity contribution in [2.24, 2.45) is 5.50 Å². The van der Waals surface area contributed by atoms with E-state index in [2.05, 4.69) is 42.7 Å². The van der Waals surface area contributed by atoms with Crippen LogP contribution in [-0.2, 0) is 0 Å². The summed E-state index contributed by atoms with van der Waals surface area (Å²) in [5.74, 6) is 0. The molecular weight excluding hydrogens is 183 g/mol. The van der Waals surface area contributed by atoms with Gasteiger partial charge in [-0.1, -0.05) is 0 Å². The molecule has 0 atom stereocenters. The molecule has 80 valence electrons. The Morgan fingerprint density at radius 2 is 2.08 bits per heavy atom. The summed E-state index contributed by atoms with van der Waals surface area (Å²) in [5, 5.41) is 6.95. The molecule has 0 radical (unpaired) electrons. The Kier molecular flexibility index (Phi) is 3.31. The van der Waals surface area contributed by atoms with Crippen LogP contribution in [-0.4, -0.2) is 30.3 Å². The molecule has 0 aromatic heterocycles. The van der Waals surface area contributed by atoms with E-state index >= 15 is 0 Å². The predicted molar refractivity (Wildman–Crippen MR) is 60.6 cm³/mol. The van der Waals surface area contributed by atoms with Gasteiger partial charge in [-0.15, -0.1) is 0 Å². The van der Waals surface area contributed by atoms with Gasteiger partial charge in [0, 0.05) is 0 Å². The molecular formula is C8H23N4P. The van der Waals surface area contributed by atoms with Crippen LogP contribution in [0.4, 0.5) is 0 Å². The van der Waals surface area contributed by atoms with Crippen molar-refractivity contribution in [1.29, 1.82) is 0 Å². The summed E-state index contributed by atoms with van der Waals surface area (Å²) in [6.07, 6.45) is 1.19. The number of rotatable bonds is 1. The molecule has 0 aromatic carbocycles. The molecule has 5 heteroatoms. The van der Waals surface area contributed by atoms with Crippen molar-refractivity contribution in [3.8, 4) is 0 Å². The van der Waals surface area contributed by atoms with Crippen LogP contribution in [0.5, 0.6) is 0 Å². The van der Waals surface area contributed by atoms with E-state index < -0.39 is 7.87 Å². The van der Waals surface area contributed by atoms with E-state index in [1.165, 1.54) is 6.42 Å². The molecule has 13 heavy (non-hydrogen) atoms. The Hall–Kier alpha value is 0.270. The first-order chi connectivity index (χ1) is 5.83. The first-order valence-corrected chi connectivity index (χ1v) is 6.90. The maximum absolute atomic E-state index is 6.33. The van der Waals surface area contributed by atoms with E-state index in [1.54, 1.807) is 0 Å². The molecule has 1 fully saturated rings. The van der Waals surface area contributed by atoms with Gasteiger partial charge in [0.15, 0.2) is 0 Å². The quantitative estimate of drug-likeness (QED) is 0.552. The van der Waals surface area contributed by atoms with Gasteiger partial charge >= 0.3 is 81.1 Å². The standard InChI is InChI=1S/C8H23N4P/c1-8(2,3)11-13(9)10-6-5-7-12(13)4/h10-11,13H,5-7,9H2,1-4H3. The molecule has 1 saturated heterocycles. The summed E-state index contributed by atoms with van der Waals surface area (Å²) in [6, 6.07) is 0. The molecule has 1 aliphatic rings. The SMILES string of the molecule is CN1CCCN[PH]1(N)NC(C)(C)C. The van der Waals surface area contributed by atoms with Gasteiger partial charge in [-0.3, -0.25) is 0 Å². The van der Waals surface area contributed by atoms with Crippen molar-refractivity contribution in [2.45, 2.75) is 32.7 Å². The van der Waals surface area contributed by atoms with E-state index in [-0.39, 0.29) is 5.54 Å². The Labute approximate surface area is 81.8 Å². The number of hydrogen-bond donors (Lipinski definition) is 3. The van der Waals surface area contributed by atoms with Crippen molar-refractivity contribution in [3.05, 3.63) is 0 Å². The topological polar surface area (TPSA) is 53.3 Å². The monoisotopic (exact) mass is 206 g/mol. The molecule has 0 unspecified atom stereocenters. The average molecular weight is 206 g/mol. The summed E-state index contributed by atoms with van der Waals surface area (Å²) < 4.78 is 2.25. The van der Waals surface area contributed by atoms with Crippen molar-refractivity contribution in [3.63, 3.8) is 0 Å². The van der Waals surface area contributed by atoms with Crippen molar-refractivity contribution in [2.75, 3.05) is 20.1 Å². The Bertz CT molecular complexity index is 179. The van der Waals surface area contributed by atoms with Crippen molar-refractivity contribution in [1.82, 2.24) is 14.8 Å². The maximum atomic E-state index is 6.33. The Balaban J connectivity index is 2.62. The van der Waals surface area contributed by atoms with Crippen LogP contribution >= 0.6 is 7.87 Å². The number of hydrogen-bond acceptors (Lipinski definition) is 4. The fraction of sp³-hybridized carbons (Fsp3) is 1.00. The van der Waals surface area contributed by atoms with E-state index in [0.717, 1.165) is 13.1 Å². The zero-order valence-corrected chi connectivity index (χ0v) is 10.1. The van der Waals surface area contributed by atoms with Gasteiger partial charge in [-0.2, -0.15) is 0 Å². The van der Waals surface area contributed by atoms with Gasteiger partial charge in [0.2, 0.25) is 0 Å². The van der Waals surface area contributed by atoms with E-state index in [1.807, 2.05) is 0 Å². The van der Waals surface area contributed by atoms with E-state index in [0.29, 0.717) is 0 Å². The third-order valence-electron chi connectivity index (χ3n) is 2.23. The molecule has 4 N–H and O–H groups in total. The molecule has 0 aromatic rings. The van der Waals surface area contributed by atoms with Crippen LogP contribution in [0.3, 0.4) is 0 Å². The van der Waals surface area contributed by atoms with Gasteiger partial charge < -0.3 is 0 Å². The molecule has 0 spiro atoms. The zero-order valence-electron chi connectivity index (χ0n) is 9.15. The molecule has 1 rings (SSSR count). The van der Waals surface area contributed by atoms with Gasteiger partial charge in [0.1, 0.15) is 0 Å². The van der Waals surface area contributed by atoms with Gasteiger partial charge in [0.25, 0.3) is 0 Å². The fourth-order valence-electron chi connectivity index (χ4n) is 1.62. The zero-order chi connectivity index (χ0) is 10.1. The first kappa shape index (κ1) is 11.3. The average Bonchev–Trinajstić information content (AvgIpc) is 1.92.